The minimum Gasteiger partial charge on any atom is -0.316 e. The van der Waals surface area contributed by atoms with Crippen LogP contribution in [0.4, 0.5) is 0 Å². The summed E-state index contributed by atoms with van der Waals surface area (Å²) in [6, 6.07) is 13.8. The molecule has 0 heterocycles. The molecule has 1 nitrogen and oxygen atoms in total. The molecule has 0 bridgehead atoms. The number of hydrogen-bond donors (Lipinski definition) is 1. The summed E-state index contributed by atoms with van der Waals surface area (Å²) in [5, 5.41) is 4.67. The van der Waals surface area contributed by atoms with Gasteiger partial charge in [-0.15, -0.1) is 0 Å². The van der Waals surface area contributed by atoms with Crippen LogP contribution < -0.4 is 5.32 Å². The van der Waals surface area contributed by atoms with Gasteiger partial charge in [-0.2, -0.15) is 0 Å². The average molecular weight is 298 g/mol. The molecule has 4 heteroatoms. The predicted octanol–water partition coefficient (Wildman–Crippen LogP) is 4.86. The maximum atomic E-state index is 6.02. The Balaban J connectivity index is 2.25. The second-order valence-corrected chi connectivity index (χ2v) is 5.83. The molecule has 0 aromatic heterocycles. The molecule has 1 N–H and O–H groups in total. The molecule has 0 aliphatic rings. The zero-order valence-electron chi connectivity index (χ0n) is 9.91. The molecule has 2 aromatic carbocycles. The number of rotatable bonds is 4. The van der Waals surface area contributed by atoms with E-state index in [9.17, 15) is 0 Å². The molecule has 0 saturated carbocycles. The molecule has 0 saturated heterocycles. The Labute approximate surface area is 121 Å². The highest BCUT2D eigenvalue weighted by Gasteiger charge is 2.05. The summed E-state index contributed by atoms with van der Waals surface area (Å²) < 4.78 is 0. The average Bonchev–Trinajstić information content (AvgIpc) is 2.36. The van der Waals surface area contributed by atoms with E-state index in [-0.39, 0.29) is 0 Å². The quantitative estimate of drug-likeness (QED) is 0.864. The minimum atomic E-state index is 0.755. The van der Waals surface area contributed by atoms with Crippen LogP contribution in [0.5, 0.6) is 0 Å². The van der Waals surface area contributed by atoms with E-state index in [0.717, 1.165) is 16.6 Å². The second kappa shape index (κ2) is 6.48. The number of nitrogens with one attached hydrogen (secondary N) is 1. The SMILES string of the molecule is CNCc1cc(Cl)ccc1Sc1ccc(Cl)cc1. The standard InChI is InChI=1S/C14H13Cl2NS/c1-17-9-10-8-12(16)4-7-14(10)18-13-5-2-11(15)3-6-13/h2-8,17H,9H2,1H3. The fourth-order valence-corrected chi connectivity index (χ4v) is 2.85. The molecule has 2 rings (SSSR count). The smallest absolute Gasteiger partial charge is 0.0410 e. The van der Waals surface area contributed by atoms with Gasteiger partial charge in [-0.05, 0) is 55.1 Å². The summed E-state index contributed by atoms with van der Waals surface area (Å²) in [6.45, 7) is 0.802. The summed E-state index contributed by atoms with van der Waals surface area (Å²) in [5.74, 6) is 0. The van der Waals surface area contributed by atoms with Crippen LogP contribution in [0.1, 0.15) is 5.56 Å². The Morgan fingerprint density at radius 3 is 2.33 bits per heavy atom. The molecule has 0 amide bonds. The van der Waals surface area contributed by atoms with Crippen LogP contribution in [0.15, 0.2) is 52.3 Å². The topological polar surface area (TPSA) is 12.0 Å². The van der Waals surface area contributed by atoms with Gasteiger partial charge < -0.3 is 5.32 Å². The van der Waals surface area contributed by atoms with E-state index < -0.39 is 0 Å². The van der Waals surface area contributed by atoms with Crippen LogP contribution >= 0.6 is 35.0 Å². The van der Waals surface area contributed by atoms with Gasteiger partial charge in [-0.1, -0.05) is 35.0 Å². The normalized spacial score (nSPS) is 10.6. The van der Waals surface area contributed by atoms with Crippen molar-refractivity contribution in [1.29, 1.82) is 0 Å². The lowest BCUT2D eigenvalue weighted by molar-refractivity contribution is 0.803. The Kier molecular flexibility index (Phi) is 4.95. The summed E-state index contributed by atoms with van der Waals surface area (Å²) in [5.41, 5.74) is 1.20. The number of halogens is 2. The van der Waals surface area contributed by atoms with Gasteiger partial charge in [0.2, 0.25) is 0 Å². The number of hydrogen-bond acceptors (Lipinski definition) is 2. The van der Waals surface area contributed by atoms with Crippen molar-refractivity contribution in [2.75, 3.05) is 7.05 Å². The van der Waals surface area contributed by atoms with E-state index in [1.807, 2.05) is 49.5 Å². The molecule has 0 unspecified atom stereocenters. The van der Waals surface area contributed by atoms with E-state index in [1.54, 1.807) is 11.8 Å². The van der Waals surface area contributed by atoms with Gasteiger partial charge in [-0.25, -0.2) is 0 Å². The molecule has 0 aliphatic carbocycles. The Morgan fingerprint density at radius 1 is 1.00 bits per heavy atom. The fourth-order valence-electron chi connectivity index (χ4n) is 1.61. The summed E-state index contributed by atoms with van der Waals surface area (Å²) in [4.78, 5) is 2.37. The van der Waals surface area contributed by atoms with Crippen LogP contribution in [0.25, 0.3) is 0 Å². The van der Waals surface area contributed by atoms with Crippen LogP contribution in [0.2, 0.25) is 10.0 Å². The van der Waals surface area contributed by atoms with Crippen molar-refractivity contribution in [2.45, 2.75) is 16.3 Å². The molecule has 18 heavy (non-hydrogen) atoms. The maximum Gasteiger partial charge on any atom is 0.0410 e. The highest BCUT2D eigenvalue weighted by molar-refractivity contribution is 7.99. The van der Waals surface area contributed by atoms with E-state index in [4.69, 9.17) is 23.2 Å². The molecular weight excluding hydrogens is 285 g/mol. The minimum absolute atomic E-state index is 0.755. The Morgan fingerprint density at radius 2 is 1.67 bits per heavy atom. The van der Waals surface area contributed by atoms with Crippen molar-refractivity contribution < 1.29 is 0 Å². The zero-order valence-corrected chi connectivity index (χ0v) is 12.2. The lowest BCUT2D eigenvalue weighted by Crippen LogP contribution is -2.06. The first kappa shape index (κ1) is 13.8. The van der Waals surface area contributed by atoms with Crippen molar-refractivity contribution in [2.24, 2.45) is 0 Å². The third-order valence-corrected chi connectivity index (χ3v) is 4.04. The molecule has 0 fully saturated rings. The molecular formula is C14H13Cl2NS. The third kappa shape index (κ3) is 3.66. The largest absolute Gasteiger partial charge is 0.316 e. The second-order valence-electron chi connectivity index (χ2n) is 3.84. The lowest BCUT2D eigenvalue weighted by atomic mass is 10.2. The van der Waals surface area contributed by atoms with E-state index in [1.165, 1.54) is 15.4 Å². The first-order chi connectivity index (χ1) is 8.69. The van der Waals surface area contributed by atoms with Crippen LogP contribution in [-0.4, -0.2) is 7.05 Å². The van der Waals surface area contributed by atoms with Gasteiger partial charge in [0, 0.05) is 26.4 Å². The molecule has 0 aliphatic heterocycles. The van der Waals surface area contributed by atoms with Gasteiger partial charge in [0.05, 0.1) is 0 Å². The monoisotopic (exact) mass is 297 g/mol. The summed E-state index contributed by atoms with van der Waals surface area (Å²) in [7, 11) is 1.93. The predicted molar refractivity (Wildman–Crippen MR) is 79.8 cm³/mol. The van der Waals surface area contributed by atoms with Crippen molar-refractivity contribution in [3.8, 4) is 0 Å². The molecule has 0 spiro atoms. The highest BCUT2D eigenvalue weighted by Crippen LogP contribution is 2.32. The molecule has 0 atom stereocenters. The van der Waals surface area contributed by atoms with Crippen molar-refractivity contribution in [3.05, 3.63) is 58.1 Å². The highest BCUT2D eigenvalue weighted by atomic mass is 35.5. The van der Waals surface area contributed by atoms with Gasteiger partial charge >= 0.3 is 0 Å². The van der Waals surface area contributed by atoms with Gasteiger partial charge in [0.1, 0.15) is 0 Å². The molecule has 94 valence electrons. The van der Waals surface area contributed by atoms with Gasteiger partial charge in [0.15, 0.2) is 0 Å². The van der Waals surface area contributed by atoms with Crippen LogP contribution in [0, 0.1) is 0 Å². The van der Waals surface area contributed by atoms with Gasteiger partial charge in [0.25, 0.3) is 0 Å². The summed E-state index contributed by atoms with van der Waals surface area (Å²) in [6.07, 6.45) is 0. The first-order valence-electron chi connectivity index (χ1n) is 5.55. The summed E-state index contributed by atoms with van der Waals surface area (Å²) >= 11 is 13.6. The third-order valence-electron chi connectivity index (χ3n) is 2.43. The molecule has 2 aromatic rings. The van der Waals surface area contributed by atoms with Crippen molar-refractivity contribution in [1.82, 2.24) is 5.32 Å². The first-order valence-corrected chi connectivity index (χ1v) is 7.13. The Hall–Kier alpha value is -0.670. The number of benzene rings is 2. The van der Waals surface area contributed by atoms with E-state index in [0.29, 0.717) is 0 Å². The fraction of sp³-hybridized carbons (Fsp3) is 0.143. The van der Waals surface area contributed by atoms with Crippen molar-refractivity contribution in [3.63, 3.8) is 0 Å². The van der Waals surface area contributed by atoms with Crippen LogP contribution in [0.3, 0.4) is 0 Å². The van der Waals surface area contributed by atoms with Crippen molar-refractivity contribution >= 4 is 35.0 Å². The Bertz CT molecular complexity index is 526. The zero-order chi connectivity index (χ0) is 13.0. The lowest BCUT2D eigenvalue weighted by Gasteiger charge is -2.09. The van der Waals surface area contributed by atoms with E-state index >= 15 is 0 Å². The maximum absolute atomic E-state index is 6.02. The van der Waals surface area contributed by atoms with Gasteiger partial charge in [-0.3, -0.25) is 0 Å². The molecule has 0 radical (unpaired) electrons. The van der Waals surface area contributed by atoms with E-state index in [2.05, 4.69) is 5.32 Å². The van der Waals surface area contributed by atoms with Crippen LogP contribution in [-0.2, 0) is 6.54 Å².